The predicted molar refractivity (Wildman–Crippen MR) is 67.4 cm³/mol. The highest BCUT2D eigenvalue weighted by atomic mass is 35.5. The van der Waals surface area contributed by atoms with Gasteiger partial charge in [-0.05, 0) is 18.6 Å². The minimum absolute atomic E-state index is 0.00458. The predicted octanol–water partition coefficient (Wildman–Crippen LogP) is 1.67. The van der Waals surface area contributed by atoms with Crippen molar-refractivity contribution in [1.82, 2.24) is 9.78 Å². The summed E-state index contributed by atoms with van der Waals surface area (Å²) in [4.78, 5) is 11.0. The molecule has 0 bridgehead atoms. The Labute approximate surface area is 110 Å². The Morgan fingerprint density at radius 3 is 2.50 bits per heavy atom. The molecular formula is C13H12ClN2O2-. The van der Waals surface area contributed by atoms with Gasteiger partial charge in [0.05, 0.1) is 11.7 Å². The summed E-state index contributed by atoms with van der Waals surface area (Å²) in [6.07, 6.45) is 0.578. The van der Waals surface area contributed by atoms with E-state index in [9.17, 15) is 9.90 Å². The fourth-order valence-electron chi connectivity index (χ4n) is 2.04. The summed E-state index contributed by atoms with van der Waals surface area (Å²) in [5.41, 5.74) is 2.36. The molecule has 0 spiro atoms. The molecular weight excluding hydrogens is 252 g/mol. The van der Waals surface area contributed by atoms with Gasteiger partial charge in [-0.15, -0.1) is 0 Å². The first kappa shape index (κ1) is 12.6. The molecule has 0 aliphatic heterocycles. The zero-order valence-electron chi connectivity index (χ0n) is 10.1. The molecule has 18 heavy (non-hydrogen) atoms. The molecule has 0 amide bonds. The molecule has 0 saturated carbocycles. The zero-order chi connectivity index (χ0) is 13.3. The molecule has 5 heteroatoms. The number of nitrogens with zero attached hydrogens (tertiary/aromatic N) is 2. The van der Waals surface area contributed by atoms with Crippen LogP contribution in [0.5, 0.6) is 0 Å². The highest BCUT2D eigenvalue weighted by molar-refractivity contribution is 6.30. The van der Waals surface area contributed by atoms with Crippen molar-refractivity contribution in [2.45, 2.75) is 13.3 Å². The summed E-state index contributed by atoms with van der Waals surface area (Å²) in [6, 6.07) is 7.22. The van der Waals surface area contributed by atoms with Crippen LogP contribution < -0.4 is 5.11 Å². The number of hydrogen-bond donors (Lipinski definition) is 0. The topological polar surface area (TPSA) is 57.9 Å². The Balaban J connectivity index is 2.63. The summed E-state index contributed by atoms with van der Waals surface area (Å²) < 4.78 is 1.56. The third-order valence-electron chi connectivity index (χ3n) is 2.81. The van der Waals surface area contributed by atoms with E-state index in [2.05, 4.69) is 5.10 Å². The van der Waals surface area contributed by atoms with Gasteiger partial charge in [0.15, 0.2) is 0 Å². The highest BCUT2D eigenvalue weighted by Gasteiger charge is 2.16. The number of carbonyl (C=O) groups is 1. The van der Waals surface area contributed by atoms with E-state index >= 15 is 0 Å². The minimum atomic E-state index is -1.25. The first-order valence-electron chi connectivity index (χ1n) is 5.57. The number of aromatic nitrogens is 2. The van der Waals surface area contributed by atoms with Crippen LogP contribution in [-0.2, 0) is 13.5 Å². The van der Waals surface area contributed by atoms with E-state index in [-0.39, 0.29) is 5.69 Å². The maximum Gasteiger partial charge on any atom is 0.112 e. The summed E-state index contributed by atoms with van der Waals surface area (Å²) in [5.74, 6) is -1.25. The van der Waals surface area contributed by atoms with Crippen molar-refractivity contribution in [2.24, 2.45) is 7.05 Å². The fourth-order valence-corrected chi connectivity index (χ4v) is 2.16. The molecule has 2 rings (SSSR count). The van der Waals surface area contributed by atoms with Crippen molar-refractivity contribution in [2.75, 3.05) is 0 Å². The average molecular weight is 264 g/mol. The molecule has 2 aromatic rings. The van der Waals surface area contributed by atoms with Gasteiger partial charge in [0.25, 0.3) is 0 Å². The molecule has 4 nitrogen and oxygen atoms in total. The molecule has 0 atom stereocenters. The SMILES string of the molecule is CCc1c(C(=O)[O-])nn(C)c1-c1ccc(Cl)cc1. The third kappa shape index (κ3) is 2.11. The van der Waals surface area contributed by atoms with E-state index < -0.39 is 5.97 Å². The lowest BCUT2D eigenvalue weighted by molar-refractivity contribution is -0.255. The van der Waals surface area contributed by atoms with Gasteiger partial charge >= 0.3 is 0 Å². The van der Waals surface area contributed by atoms with Crippen molar-refractivity contribution < 1.29 is 9.90 Å². The second kappa shape index (κ2) is 4.82. The maximum absolute atomic E-state index is 11.0. The van der Waals surface area contributed by atoms with Crippen molar-refractivity contribution >= 4 is 17.6 Å². The molecule has 0 unspecified atom stereocenters. The van der Waals surface area contributed by atoms with Crippen LogP contribution in [0, 0.1) is 0 Å². The summed E-state index contributed by atoms with van der Waals surface area (Å²) >= 11 is 5.84. The number of carboxylic acid groups (broad SMARTS) is 1. The Morgan fingerprint density at radius 2 is 2.00 bits per heavy atom. The molecule has 0 saturated heterocycles. The van der Waals surface area contributed by atoms with Gasteiger partial charge in [0, 0.05) is 23.2 Å². The number of rotatable bonds is 3. The molecule has 0 aliphatic carbocycles. The van der Waals surface area contributed by atoms with E-state index in [1.807, 2.05) is 19.1 Å². The van der Waals surface area contributed by atoms with Crippen molar-refractivity contribution in [3.8, 4) is 11.3 Å². The summed E-state index contributed by atoms with van der Waals surface area (Å²) in [7, 11) is 1.72. The Kier molecular flexibility index (Phi) is 3.39. The number of benzene rings is 1. The van der Waals surface area contributed by atoms with Crippen molar-refractivity contribution in [3.05, 3.63) is 40.5 Å². The molecule has 0 aliphatic rings. The van der Waals surface area contributed by atoms with E-state index in [1.165, 1.54) is 0 Å². The Bertz CT molecular complexity index is 588. The Hall–Kier alpha value is -1.81. The fraction of sp³-hybridized carbons (Fsp3) is 0.231. The maximum atomic E-state index is 11.0. The van der Waals surface area contributed by atoms with Crippen LogP contribution in [0.3, 0.4) is 0 Å². The smallest absolute Gasteiger partial charge is 0.112 e. The summed E-state index contributed by atoms with van der Waals surface area (Å²) in [5, 5.41) is 15.7. The molecule has 0 fully saturated rings. The van der Waals surface area contributed by atoms with Crippen molar-refractivity contribution in [3.63, 3.8) is 0 Å². The van der Waals surface area contributed by atoms with Crippen LogP contribution in [0.1, 0.15) is 23.0 Å². The lowest BCUT2D eigenvalue weighted by Gasteiger charge is -2.06. The molecule has 0 radical (unpaired) electrons. The third-order valence-corrected chi connectivity index (χ3v) is 3.06. The van der Waals surface area contributed by atoms with Gasteiger partial charge in [-0.3, -0.25) is 4.68 Å². The van der Waals surface area contributed by atoms with Crippen LogP contribution in [-0.4, -0.2) is 15.7 Å². The van der Waals surface area contributed by atoms with Crippen LogP contribution in [0.25, 0.3) is 11.3 Å². The number of aromatic carboxylic acids is 1. The number of halogens is 1. The largest absolute Gasteiger partial charge is 0.543 e. The van der Waals surface area contributed by atoms with Gasteiger partial charge in [-0.1, -0.05) is 30.7 Å². The quantitative estimate of drug-likeness (QED) is 0.846. The number of carbonyl (C=O) groups excluding carboxylic acids is 1. The molecule has 1 aromatic heterocycles. The normalized spacial score (nSPS) is 10.6. The van der Waals surface area contributed by atoms with Gasteiger partial charge in [0.1, 0.15) is 5.69 Å². The van der Waals surface area contributed by atoms with Crippen LogP contribution in [0.4, 0.5) is 0 Å². The highest BCUT2D eigenvalue weighted by Crippen LogP contribution is 2.27. The average Bonchev–Trinajstić information content (AvgIpc) is 2.67. The monoisotopic (exact) mass is 263 g/mol. The van der Waals surface area contributed by atoms with E-state index in [4.69, 9.17) is 11.6 Å². The van der Waals surface area contributed by atoms with E-state index in [1.54, 1.807) is 23.9 Å². The molecule has 1 heterocycles. The first-order chi connectivity index (χ1) is 8.54. The molecule has 94 valence electrons. The van der Waals surface area contributed by atoms with Crippen LogP contribution >= 0.6 is 11.6 Å². The number of aryl methyl sites for hydroxylation is 1. The first-order valence-corrected chi connectivity index (χ1v) is 5.95. The van der Waals surface area contributed by atoms with Gasteiger partial charge in [-0.2, -0.15) is 5.10 Å². The van der Waals surface area contributed by atoms with Crippen LogP contribution in [0.2, 0.25) is 5.02 Å². The second-order valence-corrected chi connectivity index (χ2v) is 4.38. The lowest BCUT2D eigenvalue weighted by atomic mass is 10.0. The van der Waals surface area contributed by atoms with Gasteiger partial charge in [0.2, 0.25) is 0 Å². The standard InChI is InChI=1S/C13H13ClN2O2/c1-3-10-11(13(17)18)15-16(2)12(10)8-4-6-9(14)7-5-8/h4-7H,3H2,1-2H3,(H,17,18)/p-1. The molecule has 1 aromatic carbocycles. The summed E-state index contributed by atoms with van der Waals surface area (Å²) in [6.45, 7) is 1.89. The van der Waals surface area contributed by atoms with E-state index in [0.29, 0.717) is 17.0 Å². The number of hydrogen-bond acceptors (Lipinski definition) is 3. The molecule has 0 N–H and O–H groups in total. The van der Waals surface area contributed by atoms with E-state index in [0.717, 1.165) is 11.3 Å². The van der Waals surface area contributed by atoms with Crippen molar-refractivity contribution in [1.29, 1.82) is 0 Å². The minimum Gasteiger partial charge on any atom is -0.543 e. The van der Waals surface area contributed by atoms with Gasteiger partial charge in [-0.25, -0.2) is 0 Å². The van der Waals surface area contributed by atoms with Crippen LogP contribution in [0.15, 0.2) is 24.3 Å². The second-order valence-electron chi connectivity index (χ2n) is 3.95. The number of carboxylic acids is 1. The zero-order valence-corrected chi connectivity index (χ0v) is 10.9. The van der Waals surface area contributed by atoms with Gasteiger partial charge < -0.3 is 9.90 Å². The lowest BCUT2D eigenvalue weighted by Crippen LogP contribution is -2.24. The Morgan fingerprint density at radius 1 is 1.39 bits per heavy atom.